The average Bonchev–Trinajstić information content (AvgIpc) is 2.80. The fraction of sp³-hybridized carbons (Fsp3) is 0.400. The van der Waals surface area contributed by atoms with Crippen LogP contribution >= 0.6 is 0 Å². The van der Waals surface area contributed by atoms with Crippen LogP contribution in [0.15, 0.2) is 58.6 Å². The summed E-state index contributed by atoms with van der Waals surface area (Å²) in [4.78, 5) is 18.1. The standard InChI is InChI=1S/C20H26N4O5S2/c1-3-22(4-2)20(25)17-7-9-18(10-8-17)30(26,27)23-12-14-24(15-13-23)31(28,29)19-6-5-11-21-16-19/h5-11,16H,3-4,12-15H2,1-2H3. The zero-order valence-electron chi connectivity index (χ0n) is 17.5. The first-order valence-electron chi connectivity index (χ1n) is 10.0. The van der Waals surface area contributed by atoms with Crippen molar-refractivity contribution in [1.29, 1.82) is 0 Å². The third-order valence-corrected chi connectivity index (χ3v) is 9.05. The Bertz CT molecular complexity index is 1110. The molecule has 0 unspecified atom stereocenters. The van der Waals surface area contributed by atoms with Crippen molar-refractivity contribution in [3.63, 3.8) is 0 Å². The summed E-state index contributed by atoms with van der Waals surface area (Å²) < 4.78 is 53.9. The van der Waals surface area contributed by atoms with Crippen LogP contribution in [-0.2, 0) is 20.0 Å². The van der Waals surface area contributed by atoms with E-state index in [9.17, 15) is 21.6 Å². The second kappa shape index (κ2) is 9.43. The summed E-state index contributed by atoms with van der Waals surface area (Å²) in [7, 11) is -7.51. The zero-order chi connectivity index (χ0) is 22.6. The Morgan fingerprint density at radius 2 is 1.39 bits per heavy atom. The van der Waals surface area contributed by atoms with Gasteiger partial charge in [-0.05, 0) is 50.2 Å². The van der Waals surface area contributed by atoms with E-state index < -0.39 is 20.0 Å². The number of carbonyl (C=O) groups is 1. The summed E-state index contributed by atoms with van der Waals surface area (Å²) in [5.74, 6) is -0.150. The van der Waals surface area contributed by atoms with Crippen molar-refractivity contribution in [1.82, 2.24) is 18.5 Å². The second-order valence-electron chi connectivity index (χ2n) is 7.00. The highest BCUT2D eigenvalue weighted by Crippen LogP contribution is 2.22. The molecule has 1 aromatic heterocycles. The summed E-state index contributed by atoms with van der Waals surface area (Å²) in [6.45, 7) is 5.10. The highest BCUT2D eigenvalue weighted by Gasteiger charge is 2.34. The lowest BCUT2D eigenvalue weighted by Gasteiger charge is -2.33. The van der Waals surface area contributed by atoms with Crippen LogP contribution < -0.4 is 0 Å². The number of pyridine rings is 1. The summed E-state index contributed by atoms with van der Waals surface area (Å²) in [5.41, 5.74) is 0.426. The third kappa shape index (κ3) is 4.79. The van der Waals surface area contributed by atoms with E-state index >= 15 is 0 Å². The highest BCUT2D eigenvalue weighted by molar-refractivity contribution is 7.89. The maximum atomic E-state index is 13.0. The van der Waals surface area contributed by atoms with E-state index in [4.69, 9.17) is 0 Å². The van der Waals surface area contributed by atoms with Gasteiger partial charge in [-0.3, -0.25) is 9.78 Å². The van der Waals surface area contributed by atoms with Crippen molar-refractivity contribution in [3.05, 3.63) is 54.4 Å². The van der Waals surface area contributed by atoms with Gasteiger partial charge in [0.05, 0.1) is 4.90 Å². The molecule has 1 amide bonds. The van der Waals surface area contributed by atoms with Gasteiger partial charge in [-0.2, -0.15) is 8.61 Å². The molecule has 0 atom stereocenters. The topological polar surface area (TPSA) is 108 Å². The molecule has 11 heteroatoms. The van der Waals surface area contributed by atoms with E-state index in [2.05, 4.69) is 4.98 Å². The first kappa shape index (κ1) is 23.3. The van der Waals surface area contributed by atoms with E-state index in [-0.39, 0.29) is 41.9 Å². The number of sulfonamides is 2. The Kier molecular flexibility index (Phi) is 7.10. The van der Waals surface area contributed by atoms with Crippen LogP contribution in [0.1, 0.15) is 24.2 Å². The van der Waals surface area contributed by atoms with Crippen LogP contribution in [0.2, 0.25) is 0 Å². The number of piperazine rings is 1. The number of benzene rings is 1. The Morgan fingerprint density at radius 3 is 1.84 bits per heavy atom. The molecule has 0 saturated carbocycles. The van der Waals surface area contributed by atoms with Gasteiger partial charge in [-0.1, -0.05) is 0 Å². The van der Waals surface area contributed by atoms with Gasteiger partial charge < -0.3 is 4.90 Å². The van der Waals surface area contributed by atoms with Gasteiger partial charge in [-0.25, -0.2) is 16.8 Å². The lowest BCUT2D eigenvalue weighted by molar-refractivity contribution is 0.0773. The molecular weight excluding hydrogens is 440 g/mol. The van der Waals surface area contributed by atoms with Gasteiger partial charge >= 0.3 is 0 Å². The maximum Gasteiger partial charge on any atom is 0.253 e. The van der Waals surface area contributed by atoms with Gasteiger partial charge in [0.25, 0.3) is 5.91 Å². The van der Waals surface area contributed by atoms with Crippen LogP contribution in [0.4, 0.5) is 0 Å². The minimum atomic E-state index is -3.79. The van der Waals surface area contributed by atoms with E-state index in [0.717, 1.165) is 0 Å². The Balaban J connectivity index is 1.71. The molecule has 0 spiro atoms. The quantitative estimate of drug-likeness (QED) is 0.608. The fourth-order valence-corrected chi connectivity index (χ4v) is 6.22. The van der Waals surface area contributed by atoms with Gasteiger partial charge in [0.15, 0.2) is 0 Å². The minimum Gasteiger partial charge on any atom is -0.339 e. The number of rotatable bonds is 7. The molecule has 31 heavy (non-hydrogen) atoms. The molecule has 1 fully saturated rings. The maximum absolute atomic E-state index is 13.0. The van der Waals surface area contributed by atoms with Crippen molar-refractivity contribution in [2.24, 2.45) is 0 Å². The minimum absolute atomic E-state index is 0.0436. The molecule has 2 heterocycles. The number of hydrogen-bond donors (Lipinski definition) is 0. The molecule has 1 aliphatic rings. The molecule has 2 aromatic rings. The molecular formula is C20H26N4O5S2. The van der Waals surface area contributed by atoms with Crippen molar-refractivity contribution in [2.75, 3.05) is 39.3 Å². The van der Waals surface area contributed by atoms with Crippen molar-refractivity contribution in [2.45, 2.75) is 23.6 Å². The van der Waals surface area contributed by atoms with Crippen molar-refractivity contribution in [3.8, 4) is 0 Å². The molecule has 1 saturated heterocycles. The molecule has 3 rings (SSSR count). The van der Waals surface area contributed by atoms with Crippen molar-refractivity contribution >= 4 is 26.0 Å². The highest BCUT2D eigenvalue weighted by atomic mass is 32.2. The number of carbonyl (C=O) groups excluding carboxylic acids is 1. The summed E-state index contributed by atoms with van der Waals surface area (Å²) in [5, 5.41) is 0. The summed E-state index contributed by atoms with van der Waals surface area (Å²) >= 11 is 0. The van der Waals surface area contributed by atoms with Crippen LogP contribution in [0.3, 0.4) is 0 Å². The van der Waals surface area contributed by atoms with E-state index in [1.165, 1.54) is 51.3 Å². The van der Waals surface area contributed by atoms with Crippen LogP contribution in [0.25, 0.3) is 0 Å². The lowest BCUT2D eigenvalue weighted by Crippen LogP contribution is -2.50. The first-order valence-corrected chi connectivity index (χ1v) is 12.9. The van der Waals surface area contributed by atoms with Gasteiger partial charge in [0.2, 0.25) is 20.0 Å². The van der Waals surface area contributed by atoms with Gasteiger partial charge in [0.1, 0.15) is 4.90 Å². The monoisotopic (exact) mass is 466 g/mol. The van der Waals surface area contributed by atoms with E-state index in [0.29, 0.717) is 18.7 Å². The summed E-state index contributed by atoms with van der Waals surface area (Å²) in [6.07, 6.45) is 2.77. The largest absolute Gasteiger partial charge is 0.339 e. The first-order chi connectivity index (χ1) is 14.7. The molecule has 9 nitrogen and oxygen atoms in total. The third-order valence-electron chi connectivity index (χ3n) is 5.26. The predicted molar refractivity (Wildman–Crippen MR) is 115 cm³/mol. The Hall–Kier alpha value is -2.34. The fourth-order valence-electron chi connectivity index (χ4n) is 3.41. The molecule has 0 bridgehead atoms. The number of amides is 1. The van der Waals surface area contributed by atoms with Crippen molar-refractivity contribution < 1.29 is 21.6 Å². The molecule has 1 aliphatic heterocycles. The molecule has 168 valence electrons. The van der Waals surface area contributed by atoms with Crippen LogP contribution in [-0.4, -0.2) is 80.5 Å². The molecule has 0 N–H and O–H groups in total. The van der Waals surface area contributed by atoms with Gasteiger partial charge in [0, 0.05) is 57.2 Å². The molecule has 1 aromatic carbocycles. The van der Waals surface area contributed by atoms with Gasteiger partial charge in [-0.15, -0.1) is 0 Å². The predicted octanol–water partition coefficient (Wildman–Crippen LogP) is 1.26. The second-order valence-corrected chi connectivity index (χ2v) is 10.9. The Morgan fingerprint density at radius 1 is 0.871 bits per heavy atom. The molecule has 0 radical (unpaired) electrons. The van der Waals surface area contributed by atoms with E-state index in [1.807, 2.05) is 13.8 Å². The smallest absolute Gasteiger partial charge is 0.253 e. The molecule has 0 aliphatic carbocycles. The zero-order valence-corrected chi connectivity index (χ0v) is 19.1. The normalized spacial score (nSPS) is 16.2. The van der Waals surface area contributed by atoms with E-state index in [1.54, 1.807) is 11.0 Å². The SMILES string of the molecule is CCN(CC)C(=O)c1ccc(S(=O)(=O)N2CCN(S(=O)(=O)c3cccnc3)CC2)cc1. The average molecular weight is 467 g/mol. The Labute approximate surface area is 183 Å². The number of nitrogens with zero attached hydrogens (tertiary/aromatic N) is 4. The van der Waals surface area contributed by atoms with Crippen LogP contribution in [0, 0.1) is 0 Å². The summed E-state index contributed by atoms with van der Waals surface area (Å²) in [6, 6.07) is 8.87. The number of aromatic nitrogens is 1. The number of hydrogen-bond acceptors (Lipinski definition) is 6. The van der Waals surface area contributed by atoms with Crippen LogP contribution in [0.5, 0.6) is 0 Å². The lowest BCUT2D eigenvalue weighted by atomic mass is 10.2.